The van der Waals surface area contributed by atoms with E-state index in [1.165, 1.54) is 0 Å². The number of ether oxygens (including phenoxy) is 1. The Morgan fingerprint density at radius 2 is 2.00 bits per heavy atom. The number of nitrogens with zero attached hydrogens (tertiary/aromatic N) is 2. The van der Waals surface area contributed by atoms with Gasteiger partial charge in [-0.2, -0.15) is 0 Å². The SMILES string of the molecule is CCNC(=O)Cc1ccc2ncn(-c3ccc(OC)c(-c4cccc(Cl)c4)c3)c2c1. The van der Waals surface area contributed by atoms with Crippen molar-refractivity contribution in [2.75, 3.05) is 13.7 Å². The predicted molar refractivity (Wildman–Crippen MR) is 120 cm³/mol. The van der Waals surface area contributed by atoms with Gasteiger partial charge in [-0.1, -0.05) is 29.8 Å². The number of fused-ring (bicyclic) bond motifs is 1. The van der Waals surface area contributed by atoms with E-state index in [4.69, 9.17) is 16.3 Å². The number of carbonyl (C=O) groups is 1. The van der Waals surface area contributed by atoms with E-state index in [2.05, 4.69) is 16.4 Å². The molecular formula is C24H22ClN3O2. The summed E-state index contributed by atoms with van der Waals surface area (Å²) in [5.41, 5.74) is 5.62. The number of aromatic nitrogens is 2. The third-order valence-corrected chi connectivity index (χ3v) is 5.18. The minimum atomic E-state index is 0.00982. The summed E-state index contributed by atoms with van der Waals surface area (Å²) in [5, 5.41) is 3.51. The topological polar surface area (TPSA) is 56.2 Å². The first-order valence-corrected chi connectivity index (χ1v) is 10.1. The van der Waals surface area contributed by atoms with Crippen molar-refractivity contribution >= 4 is 28.5 Å². The van der Waals surface area contributed by atoms with Gasteiger partial charge in [-0.15, -0.1) is 0 Å². The summed E-state index contributed by atoms with van der Waals surface area (Å²) in [4.78, 5) is 16.5. The smallest absolute Gasteiger partial charge is 0.224 e. The first-order chi connectivity index (χ1) is 14.6. The van der Waals surface area contributed by atoms with Crippen LogP contribution in [0.3, 0.4) is 0 Å². The number of carbonyl (C=O) groups excluding carboxylic acids is 1. The Morgan fingerprint density at radius 3 is 2.77 bits per heavy atom. The number of likely N-dealkylation sites (N-methyl/N-ethyl adjacent to an activating group) is 1. The molecule has 5 nitrogen and oxygen atoms in total. The summed E-state index contributed by atoms with van der Waals surface area (Å²) >= 11 is 6.20. The monoisotopic (exact) mass is 419 g/mol. The number of amides is 1. The van der Waals surface area contributed by atoms with Crippen LogP contribution in [0.15, 0.2) is 67.0 Å². The fourth-order valence-electron chi connectivity index (χ4n) is 3.54. The molecule has 0 spiro atoms. The lowest BCUT2D eigenvalue weighted by atomic mass is 10.0. The summed E-state index contributed by atoms with van der Waals surface area (Å²) in [6.07, 6.45) is 2.13. The summed E-state index contributed by atoms with van der Waals surface area (Å²) in [6, 6.07) is 19.6. The Hall–Kier alpha value is -3.31. The Balaban J connectivity index is 1.78. The molecule has 4 aromatic rings. The largest absolute Gasteiger partial charge is 0.496 e. The van der Waals surface area contributed by atoms with Crippen LogP contribution in [-0.4, -0.2) is 29.1 Å². The number of nitrogens with one attached hydrogen (secondary N) is 1. The van der Waals surface area contributed by atoms with Gasteiger partial charge in [0.25, 0.3) is 0 Å². The van der Waals surface area contributed by atoms with E-state index in [9.17, 15) is 4.79 Å². The van der Waals surface area contributed by atoms with Gasteiger partial charge in [0, 0.05) is 22.8 Å². The Labute approximate surface area is 180 Å². The lowest BCUT2D eigenvalue weighted by Gasteiger charge is -2.13. The zero-order valence-corrected chi connectivity index (χ0v) is 17.6. The standard InChI is InChI=1S/C24H22ClN3O2/c1-3-26-24(29)12-16-7-9-21-22(11-16)28(15-27-21)19-8-10-23(30-2)20(14-19)17-5-4-6-18(25)13-17/h4-11,13-15H,3,12H2,1-2H3,(H,26,29). The minimum absolute atomic E-state index is 0.00982. The summed E-state index contributed by atoms with van der Waals surface area (Å²) in [5.74, 6) is 0.776. The molecular weight excluding hydrogens is 398 g/mol. The van der Waals surface area contributed by atoms with Crippen molar-refractivity contribution in [2.45, 2.75) is 13.3 Å². The van der Waals surface area contributed by atoms with Crippen molar-refractivity contribution in [2.24, 2.45) is 0 Å². The molecule has 3 aromatic carbocycles. The van der Waals surface area contributed by atoms with E-state index in [-0.39, 0.29) is 5.91 Å². The van der Waals surface area contributed by atoms with E-state index >= 15 is 0 Å². The second kappa shape index (κ2) is 8.59. The molecule has 1 aromatic heterocycles. The molecule has 0 bridgehead atoms. The van der Waals surface area contributed by atoms with Crippen LogP contribution in [0.1, 0.15) is 12.5 Å². The van der Waals surface area contributed by atoms with Crippen LogP contribution in [0.5, 0.6) is 5.75 Å². The molecule has 0 radical (unpaired) electrons. The quantitative estimate of drug-likeness (QED) is 0.476. The number of rotatable bonds is 6. The molecule has 0 unspecified atom stereocenters. The molecule has 4 rings (SSSR count). The van der Waals surface area contributed by atoms with E-state index < -0.39 is 0 Å². The van der Waals surface area contributed by atoms with Crippen LogP contribution in [0.2, 0.25) is 5.02 Å². The van der Waals surface area contributed by atoms with Crippen LogP contribution in [0, 0.1) is 0 Å². The van der Waals surface area contributed by atoms with Crippen LogP contribution in [-0.2, 0) is 11.2 Å². The second-order valence-corrected chi connectivity index (χ2v) is 7.40. The van der Waals surface area contributed by atoms with Crippen LogP contribution in [0.4, 0.5) is 0 Å². The second-order valence-electron chi connectivity index (χ2n) is 6.96. The minimum Gasteiger partial charge on any atom is -0.496 e. The zero-order valence-electron chi connectivity index (χ0n) is 16.9. The van der Waals surface area contributed by atoms with Crippen molar-refractivity contribution in [3.8, 4) is 22.6 Å². The molecule has 0 atom stereocenters. The van der Waals surface area contributed by atoms with Gasteiger partial charge in [0.2, 0.25) is 5.91 Å². The predicted octanol–water partition coefficient (Wildman–Crippen LogP) is 5.03. The summed E-state index contributed by atoms with van der Waals surface area (Å²) < 4.78 is 7.59. The zero-order chi connectivity index (χ0) is 21.1. The van der Waals surface area contributed by atoms with Gasteiger partial charge in [0.15, 0.2) is 0 Å². The average Bonchev–Trinajstić information content (AvgIpc) is 3.16. The number of imidazole rings is 1. The molecule has 0 fully saturated rings. The highest BCUT2D eigenvalue weighted by Crippen LogP contribution is 2.34. The van der Waals surface area contributed by atoms with Crippen LogP contribution >= 0.6 is 11.6 Å². The molecule has 0 saturated heterocycles. The van der Waals surface area contributed by atoms with Gasteiger partial charge in [0.05, 0.1) is 24.6 Å². The highest BCUT2D eigenvalue weighted by molar-refractivity contribution is 6.30. The molecule has 0 aliphatic carbocycles. The number of hydrogen-bond donors (Lipinski definition) is 1. The molecule has 0 saturated carbocycles. The average molecular weight is 420 g/mol. The molecule has 1 N–H and O–H groups in total. The molecule has 152 valence electrons. The molecule has 1 amide bonds. The Morgan fingerprint density at radius 1 is 1.13 bits per heavy atom. The van der Waals surface area contributed by atoms with Gasteiger partial charge >= 0.3 is 0 Å². The highest BCUT2D eigenvalue weighted by atomic mass is 35.5. The highest BCUT2D eigenvalue weighted by Gasteiger charge is 2.12. The van der Waals surface area contributed by atoms with Gasteiger partial charge in [0.1, 0.15) is 12.1 Å². The van der Waals surface area contributed by atoms with Crippen molar-refractivity contribution < 1.29 is 9.53 Å². The van der Waals surface area contributed by atoms with Crippen molar-refractivity contribution in [1.29, 1.82) is 0 Å². The van der Waals surface area contributed by atoms with Crippen LogP contribution in [0.25, 0.3) is 27.8 Å². The van der Waals surface area contributed by atoms with Gasteiger partial charge < -0.3 is 10.1 Å². The first-order valence-electron chi connectivity index (χ1n) is 9.76. The maximum Gasteiger partial charge on any atom is 0.224 e. The van der Waals surface area contributed by atoms with Gasteiger partial charge in [-0.3, -0.25) is 9.36 Å². The molecule has 0 aliphatic rings. The van der Waals surface area contributed by atoms with E-state index in [1.54, 1.807) is 13.4 Å². The number of halogens is 1. The van der Waals surface area contributed by atoms with E-state index in [0.29, 0.717) is 18.0 Å². The fraction of sp³-hybridized carbons (Fsp3) is 0.167. The maximum absolute atomic E-state index is 12.0. The third-order valence-electron chi connectivity index (χ3n) is 4.95. The van der Waals surface area contributed by atoms with E-state index in [0.717, 1.165) is 39.2 Å². The molecule has 1 heterocycles. The molecule has 6 heteroatoms. The van der Waals surface area contributed by atoms with Crippen molar-refractivity contribution in [3.63, 3.8) is 0 Å². The Bertz CT molecular complexity index is 1220. The molecule has 30 heavy (non-hydrogen) atoms. The van der Waals surface area contributed by atoms with Gasteiger partial charge in [-0.05, 0) is 60.5 Å². The van der Waals surface area contributed by atoms with Crippen molar-refractivity contribution in [3.05, 3.63) is 77.6 Å². The molecule has 0 aliphatic heterocycles. The van der Waals surface area contributed by atoms with E-state index in [1.807, 2.05) is 66.1 Å². The normalized spacial score (nSPS) is 10.9. The lowest BCUT2D eigenvalue weighted by Crippen LogP contribution is -2.24. The third kappa shape index (κ3) is 4.02. The number of benzene rings is 3. The van der Waals surface area contributed by atoms with Crippen LogP contribution < -0.4 is 10.1 Å². The maximum atomic E-state index is 12.0. The summed E-state index contributed by atoms with van der Waals surface area (Å²) in [7, 11) is 1.66. The van der Waals surface area contributed by atoms with Gasteiger partial charge in [-0.25, -0.2) is 4.98 Å². The van der Waals surface area contributed by atoms with Crippen molar-refractivity contribution in [1.82, 2.24) is 14.9 Å². The summed E-state index contributed by atoms with van der Waals surface area (Å²) in [6.45, 7) is 2.54. The first kappa shape index (κ1) is 20.0. The fourth-order valence-corrected chi connectivity index (χ4v) is 3.73. The lowest BCUT2D eigenvalue weighted by molar-refractivity contribution is -0.120. The number of methoxy groups -OCH3 is 1. The number of hydrogen-bond acceptors (Lipinski definition) is 3. The Kier molecular flexibility index (Phi) is 5.72.